The van der Waals surface area contributed by atoms with Crippen molar-refractivity contribution >= 4 is 11.6 Å². The fraction of sp³-hybridized carbons (Fsp3) is 0.257. The molecule has 2 aliphatic rings. The van der Waals surface area contributed by atoms with Crippen LogP contribution < -0.4 is 37.9 Å². The van der Waals surface area contributed by atoms with Crippen LogP contribution in [0.1, 0.15) is 56.9 Å². The van der Waals surface area contributed by atoms with Crippen LogP contribution in [0, 0.1) is 0 Å². The second-order valence-corrected chi connectivity index (χ2v) is 10.5. The van der Waals surface area contributed by atoms with E-state index < -0.39 is 12.2 Å². The van der Waals surface area contributed by atoms with Crippen LogP contribution in [0.3, 0.4) is 0 Å². The Labute approximate surface area is 260 Å². The topological polar surface area (TPSA) is 108 Å². The summed E-state index contributed by atoms with van der Waals surface area (Å²) in [5.41, 5.74) is 2.35. The summed E-state index contributed by atoms with van der Waals surface area (Å²) in [7, 11) is 7.65. The van der Waals surface area contributed by atoms with Crippen LogP contribution in [-0.2, 0) is 0 Å². The number of ether oxygens (including phenoxy) is 8. The molecule has 2 atom stereocenters. The Kier molecular flexibility index (Phi) is 8.12. The third-order valence-electron chi connectivity index (χ3n) is 7.87. The largest absolute Gasteiger partial charge is 0.496 e. The van der Waals surface area contributed by atoms with E-state index in [9.17, 15) is 9.59 Å². The molecule has 10 heteroatoms. The highest BCUT2D eigenvalue weighted by Gasteiger charge is 2.33. The van der Waals surface area contributed by atoms with Crippen molar-refractivity contribution in [2.75, 3.05) is 35.5 Å². The summed E-state index contributed by atoms with van der Waals surface area (Å²) in [6.07, 6.45) is -0.766. The van der Waals surface area contributed by atoms with Crippen molar-refractivity contribution in [2.45, 2.75) is 25.0 Å². The summed E-state index contributed by atoms with van der Waals surface area (Å²) < 4.78 is 45.8. The number of carbonyl (C=O) groups excluding carboxylic acids is 2. The van der Waals surface area contributed by atoms with Gasteiger partial charge in [0, 0.05) is 24.3 Å². The second-order valence-electron chi connectivity index (χ2n) is 10.5. The van der Waals surface area contributed by atoms with Gasteiger partial charge in [-0.25, -0.2) is 0 Å². The predicted molar refractivity (Wildman–Crippen MR) is 163 cm³/mol. The quantitative estimate of drug-likeness (QED) is 0.197. The first-order valence-electron chi connectivity index (χ1n) is 14.2. The lowest BCUT2D eigenvalue weighted by atomic mass is 9.95. The van der Waals surface area contributed by atoms with E-state index >= 15 is 0 Å². The van der Waals surface area contributed by atoms with E-state index in [1.54, 1.807) is 69.9 Å². The standard InChI is InChI=1S/C35H32O10/c1-38-22-13-30(41-4)34-24(36)17-27(44-32(34)15-22)19-6-9-21(10-7-19)43-29-12-20(8-11-26(29)40-3)28-18-25(37)35-31(42-5)14-23(39-2)16-33(35)45-28/h6-16,27-28H,17-18H2,1-5H3. The lowest BCUT2D eigenvalue weighted by molar-refractivity contribution is 0.0834. The van der Waals surface area contributed by atoms with Gasteiger partial charge in [0.25, 0.3) is 0 Å². The van der Waals surface area contributed by atoms with Crippen molar-refractivity contribution in [1.29, 1.82) is 0 Å². The van der Waals surface area contributed by atoms with Gasteiger partial charge in [0.1, 0.15) is 63.6 Å². The first-order valence-corrected chi connectivity index (χ1v) is 14.2. The lowest BCUT2D eigenvalue weighted by Gasteiger charge is -2.27. The number of hydrogen-bond acceptors (Lipinski definition) is 10. The Morgan fingerprint density at radius 2 is 1.00 bits per heavy atom. The van der Waals surface area contributed by atoms with Gasteiger partial charge >= 0.3 is 0 Å². The van der Waals surface area contributed by atoms with Crippen molar-refractivity contribution in [3.63, 3.8) is 0 Å². The van der Waals surface area contributed by atoms with E-state index in [0.717, 1.165) is 11.1 Å². The van der Waals surface area contributed by atoms with E-state index in [-0.39, 0.29) is 24.4 Å². The molecule has 4 aromatic rings. The highest BCUT2D eigenvalue weighted by atomic mass is 16.5. The van der Waals surface area contributed by atoms with Crippen molar-refractivity contribution < 1.29 is 47.5 Å². The normalized spacial score (nSPS) is 16.8. The summed E-state index contributed by atoms with van der Waals surface area (Å²) in [6.45, 7) is 0. The summed E-state index contributed by atoms with van der Waals surface area (Å²) in [4.78, 5) is 26.2. The molecule has 2 heterocycles. The molecule has 0 saturated heterocycles. The molecular weight excluding hydrogens is 580 g/mol. The zero-order chi connectivity index (χ0) is 31.7. The van der Waals surface area contributed by atoms with E-state index in [2.05, 4.69) is 0 Å². The van der Waals surface area contributed by atoms with E-state index in [0.29, 0.717) is 62.9 Å². The number of ketones is 2. The zero-order valence-electron chi connectivity index (χ0n) is 25.5. The van der Waals surface area contributed by atoms with Crippen LogP contribution >= 0.6 is 0 Å². The highest BCUT2D eigenvalue weighted by molar-refractivity contribution is 6.03. The van der Waals surface area contributed by atoms with Gasteiger partial charge in [0.15, 0.2) is 23.1 Å². The summed E-state index contributed by atoms with van der Waals surface area (Å²) >= 11 is 0. The molecule has 4 aromatic carbocycles. The monoisotopic (exact) mass is 612 g/mol. The molecule has 232 valence electrons. The molecule has 0 aromatic heterocycles. The molecule has 0 fully saturated rings. The molecule has 0 aliphatic carbocycles. The molecule has 45 heavy (non-hydrogen) atoms. The fourth-order valence-corrected chi connectivity index (χ4v) is 5.58. The third kappa shape index (κ3) is 5.66. The zero-order valence-corrected chi connectivity index (χ0v) is 25.5. The SMILES string of the molecule is COc1cc(OC)c2c(c1)OC(c1ccc(Oc3cc(C4CC(=O)c5c(OC)cc(OC)cc5O4)ccc3OC)cc1)CC2=O. The summed E-state index contributed by atoms with van der Waals surface area (Å²) in [5.74, 6) is 4.00. The van der Waals surface area contributed by atoms with Gasteiger partial charge in [-0.15, -0.1) is 0 Å². The Hall–Kier alpha value is -5.38. The van der Waals surface area contributed by atoms with Gasteiger partial charge in [-0.1, -0.05) is 18.2 Å². The molecule has 2 unspecified atom stereocenters. The Balaban J connectivity index is 1.22. The number of benzene rings is 4. The Bertz CT molecular complexity index is 1760. The van der Waals surface area contributed by atoms with Crippen LogP contribution in [0.5, 0.6) is 51.7 Å². The fourth-order valence-electron chi connectivity index (χ4n) is 5.58. The van der Waals surface area contributed by atoms with Gasteiger partial charge in [-0.2, -0.15) is 0 Å². The van der Waals surface area contributed by atoms with Gasteiger partial charge in [0.05, 0.1) is 48.4 Å². The average Bonchev–Trinajstić information content (AvgIpc) is 3.07. The first kappa shape index (κ1) is 29.7. The van der Waals surface area contributed by atoms with Gasteiger partial charge < -0.3 is 37.9 Å². The molecule has 0 N–H and O–H groups in total. The number of carbonyl (C=O) groups is 2. The van der Waals surface area contributed by atoms with Gasteiger partial charge in [-0.05, 0) is 35.4 Å². The highest BCUT2D eigenvalue weighted by Crippen LogP contribution is 2.45. The van der Waals surface area contributed by atoms with Crippen molar-refractivity contribution in [3.05, 3.63) is 89.0 Å². The number of rotatable bonds is 9. The molecule has 10 nitrogen and oxygen atoms in total. The third-order valence-corrected chi connectivity index (χ3v) is 7.87. The Morgan fingerprint density at radius 1 is 0.511 bits per heavy atom. The van der Waals surface area contributed by atoms with Gasteiger partial charge in [-0.3, -0.25) is 9.59 Å². The van der Waals surface area contributed by atoms with Crippen LogP contribution in [0.2, 0.25) is 0 Å². The number of hydrogen-bond donors (Lipinski definition) is 0. The average molecular weight is 613 g/mol. The lowest BCUT2D eigenvalue weighted by Crippen LogP contribution is -2.21. The minimum absolute atomic E-state index is 0.0782. The van der Waals surface area contributed by atoms with Crippen LogP contribution in [-0.4, -0.2) is 47.1 Å². The number of Topliss-reactive ketones (excluding diaryl/α,β-unsaturated/α-hetero) is 2. The maximum absolute atomic E-state index is 13.2. The molecule has 0 saturated carbocycles. The van der Waals surface area contributed by atoms with Gasteiger partial charge in [0.2, 0.25) is 0 Å². The van der Waals surface area contributed by atoms with Crippen molar-refractivity contribution in [2.24, 2.45) is 0 Å². The van der Waals surface area contributed by atoms with Crippen molar-refractivity contribution in [3.8, 4) is 51.7 Å². The number of fused-ring (bicyclic) bond motifs is 2. The predicted octanol–water partition coefficient (Wildman–Crippen LogP) is 6.93. The molecule has 0 spiro atoms. The Morgan fingerprint density at radius 3 is 1.49 bits per heavy atom. The maximum atomic E-state index is 13.2. The molecule has 0 radical (unpaired) electrons. The molecule has 6 rings (SSSR count). The molecule has 2 aliphatic heterocycles. The molecule has 0 amide bonds. The number of methoxy groups -OCH3 is 5. The van der Waals surface area contributed by atoms with E-state index in [4.69, 9.17) is 37.9 Å². The van der Waals surface area contributed by atoms with Crippen LogP contribution in [0.25, 0.3) is 0 Å². The maximum Gasteiger partial charge on any atom is 0.174 e. The van der Waals surface area contributed by atoms with E-state index in [1.807, 2.05) is 18.2 Å². The van der Waals surface area contributed by atoms with Crippen LogP contribution in [0.15, 0.2) is 66.7 Å². The minimum Gasteiger partial charge on any atom is -0.496 e. The van der Waals surface area contributed by atoms with Crippen LogP contribution in [0.4, 0.5) is 0 Å². The molecule has 0 bridgehead atoms. The molecular formula is C35H32O10. The summed E-state index contributed by atoms with van der Waals surface area (Å²) in [5, 5.41) is 0. The smallest absolute Gasteiger partial charge is 0.174 e. The first-order chi connectivity index (χ1) is 21.8. The minimum atomic E-state index is -0.557. The summed E-state index contributed by atoms with van der Waals surface area (Å²) in [6, 6.07) is 19.4. The van der Waals surface area contributed by atoms with E-state index in [1.165, 1.54) is 14.2 Å². The second kappa shape index (κ2) is 12.3. The van der Waals surface area contributed by atoms with Crippen molar-refractivity contribution in [1.82, 2.24) is 0 Å².